The molecular weight excluding hydrogens is 452 g/mol. The van der Waals surface area contributed by atoms with Gasteiger partial charge in [-0.05, 0) is 74.6 Å². The van der Waals surface area contributed by atoms with E-state index < -0.39 is 10.0 Å². The number of piperidine rings is 1. The first-order valence-electron chi connectivity index (χ1n) is 12.0. The molecule has 34 heavy (non-hydrogen) atoms. The standard InChI is InChI=1S/C26H34N2O5S/c1-20-7-3-4-15-28(20)34(30,31)25-13-11-22(12-14-25)26(29)27(19-24-10-6-16-33-24)18-21-8-5-9-23(17-21)32-2/h5,8-9,11-14,17,20,24H,3-4,6-7,10,15-16,18-19H2,1-2H3. The van der Waals surface area contributed by atoms with Crippen molar-refractivity contribution in [3.8, 4) is 5.75 Å². The van der Waals surface area contributed by atoms with Crippen LogP contribution < -0.4 is 4.74 Å². The molecule has 2 heterocycles. The molecule has 0 N–H and O–H groups in total. The average Bonchev–Trinajstić information content (AvgIpc) is 3.37. The molecule has 2 fully saturated rings. The maximum Gasteiger partial charge on any atom is 0.254 e. The molecule has 0 aliphatic carbocycles. The molecule has 2 aromatic carbocycles. The Labute approximate surface area is 202 Å². The summed E-state index contributed by atoms with van der Waals surface area (Å²) in [5, 5.41) is 0. The Hall–Kier alpha value is -2.42. The van der Waals surface area contributed by atoms with Gasteiger partial charge in [-0.25, -0.2) is 8.42 Å². The number of amides is 1. The Kier molecular flexibility index (Phi) is 7.91. The van der Waals surface area contributed by atoms with Gasteiger partial charge in [-0.3, -0.25) is 4.79 Å². The van der Waals surface area contributed by atoms with Crippen LogP contribution in [0.25, 0.3) is 0 Å². The minimum atomic E-state index is -3.57. The van der Waals surface area contributed by atoms with Gasteiger partial charge in [0, 0.05) is 37.8 Å². The monoisotopic (exact) mass is 486 g/mol. The number of ether oxygens (including phenoxy) is 2. The van der Waals surface area contributed by atoms with Gasteiger partial charge in [0.05, 0.1) is 18.1 Å². The summed E-state index contributed by atoms with van der Waals surface area (Å²) >= 11 is 0. The highest BCUT2D eigenvalue weighted by Gasteiger charge is 2.31. The Morgan fingerprint density at radius 2 is 1.91 bits per heavy atom. The normalized spacial score (nSPS) is 21.4. The van der Waals surface area contributed by atoms with Crippen LogP contribution in [-0.2, 0) is 21.3 Å². The maximum atomic E-state index is 13.5. The van der Waals surface area contributed by atoms with E-state index in [1.165, 1.54) is 0 Å². The van der Waals surface area contributed by atoms with Crippen molar-refractivity contribution in [2.45, 2.75) is 62.6 Å². The fourth-order valence-electron chi connectivity index (χ4n) is 4.76. The fourth-order valence-corrected chi connectivity index (χ4v) is 6.46. The Balaban J connectivity index is 1.54. The van der Waals surface area contributed by atoms with Gasteiger partial charge in [0.1, 0.15) is 5.75 Å². The maximum absolute atomic E-state index is 13.5. The molecule has 0 radical (unpaired) electrons. The number of nitrogens with zero attached hydrogens (tertiary/aromatic N) is 2. The van der Waals surface area contributed by atoms with Crippen LogP contribution in [0.3, 0.4) is 0 Å². The van der Waals surface area contributed by atoms with Crippen LogP contribution in [0.5, 0.6) is 5.75 Å². The van der Waals surface area contributed by atoms with Crippen LogP contribution in [0.4, 0.5) is 0 Å². The molecule has 2 unspecified atom stereocenters. The first-order chi connectivity index (χ1) is 16.4. The topological polar surface area (TPSA) is 76.1 Å². The van der Waals surface area contributed by atoms with Crippen molar-refractivity contribution in [3.05, 3.63) is 59.7 Å². The van der Waals surface area contributed by atoms with Gasteiger partial charge in [0.2, 0.25) is 10.0 Å². The van der Waals surface area contributed by atoms with Gasteiger partial charge in [-0.2, -0.15) is 4.31 Å². The lowest BCUT2D eigenvalue weighted by Crippen LogP contribution is -2.41. The van der Waals surface area contributed by atoms with E-state index in [4.69, 9.17) is 9.47 Å². The third-order valence-electron chi connectivity index (χ3n) is 6.69. The first-order valence-corrected chi connectivity index (χ1v) is 13.5. The van der Waals surface area contributed by atoms with Gasteiger partial charge in [-0.15, -0.1) is 0 Å². The highest BCUT2D eigenvalue weighted by molar-refractivity contribution is 7.89. The molecule has 0 bridgehead atoms. The predicted molar refractivity (Wildman–Crippen MR) is 130 cm³/mol. The molecule has 2 aliphatic heterocycles. The fraction of sp³-hybridized carbons (Fsp3) is 0.500. The zero-order chi connectivity index (χ0) is 24.1. The highest BCUT2D eigenvalue weighted by atomic mass is 32.2. The predicted octanol–water partition coefficient (Wildman–Crippen LogP) is 4.08. The third kappa shape index (κ3) is 5.62. The number of carbonyl (C=O) groups excluding carboxylic acids is 1. The summed E-state index contributed by atoms with van der Waals surface area (Å²) < 4.78 is 39.0. The van der Waals surface area contributed by atoms with Crippen molar-refractivity contribution in [3.63, 3.8) is 0 Å². The van der Waals surface area contributed by atoms with E-state index in [1.807, 2.05) is 31.2 Å². The van der Waals surface area contributed by atoms with Crippen molar-refractivity contribution in [2.24, 2.45) is 0 Å². The van der Waals surface area contributed by atoms with E-state index in [9.17, 15) is 13.2 Å². The van der Waals surface area contributed by atoms with Crippen molar-refractivity contribution >= 4 is 15.9 Å². The summed E-state index contributed by atoms with van der Waals surface area (Å²) in [4.78, 5) is 15.5. The number of carbonyl (C=O) groups is 1. The smallest absolute Gasteiger partial charge is 0.254 e. The quantitative estimate of drug-likeness (QED) is 0.562. The Morgan fingerprint density at radius 1 is 1.12 bits per heavy atom. The molecule has 184 valence electrons. The third-order valence-corrected chi connectivity index (χ3v) is 8.72. The number of hydrogen-bond donors (Lipinski definition) is 0. The van der Waals surface area contributed by atoms with Gasteiger partial charge in [0.25, 0.3) is 5.91 Å². The lowest BCUT2D eigenvalue weighted by Gasteiger charge is -2.32. The molecule has 2 aromatic rings. The Morgan fingerprint density at radius 3 is 2.59 bits per heavy atom. The molecule has 4 rings (SSSR count). The second-order valence-corrected chi connectivity index (χ2v) is 11.0. The van der Waals surface area contributed by atoms with Crippen molar-refractivity contribution in [1.29, 1.82) is 0 Å². The molecule has 0 aromatic heterocycles. The summed E-state index contributed by atoms with van der Waals surface area (Å²) in [6.07, 6.45) is 4.73. The zero-order valence-electron chi connectivity index (χ0n) is 20.0. The van der Waals surface area contributed by atoms with Gasteiger partial charge in [-0.1, -0.05) is 18.6 Å². The first kappa shape index (κ1) is 24.7. The number of rotatable bonds is 8. The highest BCUT2D eigenvalue weighted by Crippen LogP contribution is 2.26. The summed E-state index contributed by atoms with van der Waals surface area (Å²) in [5.74, 6) is 0.595. The Bertz CT molecular complexity index is 1080. The van der Waals surface area contributed by atoms with Crippen molar-refractivity contribution in [2.75, 3.05) is 26.8 Å². The number of benzene rings is 2. The van der Waals surface area contributed by atoms with Crippen LogP contribution >= 0.6 is 0 Å². The summed E-state index contributed by atoms with van der Waals surface area (Å²) in [6, 6.07) is 14.0. The van der Waals surface area contributed by atoms with E-state index in [1.54, 1.807) is 40.6 Å². The second-order valence-electron chi connectivity index (χ2n) is 9.16. The van der Waals surface area contributed by atoms with Gasteiger partial charge < -0.3 is 14.4 Å². The van der Waals surface area contributed by atoms with Crippen LogP contribution in [0.15, 0.2) is 53.4 Å². The lowest BCUT2D eigenvalue weighted by molar-refractivity contribution is 0.0507. The minimum Gasteiger partial charge on any atom is -0.497 e. The van der Waals surface area contributed by atoms with E-state index in [-0.39, 0.29) is 22.9 Å². The summed E-state index contributed by atoms with van der Waals surface area (Å²) in [7, 11) is -1.95. The van der Waals surface area contributed by atoms with Crippen LogP contribution in [-0.4, -0.2) is 62.5 Å². The van der Waals surface area contributed by atoms with E-state index >= 15 is 0 Å². The molecule has 0 spiro atoms. The molecule has 0 saturated carbocycles. The van der Waals surface area contributed by atoms with Crippen molar-refractivity contribution < 1.29 is 22.7 Å². The number of hydrogen-bond acceptors (Lipinski definition) is 5. The largest absolute Gasteiger partial charge is 0.497 e. The zero-order valence-corrected chi connectivity index (χ0v) is 20.8. The minimum absolute atomic E-state index is 0.00907. The second kappa shape index (κ2) is 10.9. The number of methoxy groups -OCH3 is 1. The van der Waals surface area contributed by atoms with E-state index in [0.717, 1.165) is 43.4 Å². The van der Waals surface area contributed by atoms with E-state index in [2.05, 4.69) is 0 Å². The SMILES string of the molecule is COc1cccc(CN(CC2CCCO2)C(=O)c2ccc(S(=O)(=O)N3CCCCC3C)cc2)c1. The average molecular weight is 487 g/mol. The van der Waals surface area contributed by atoms with Crippen molar-refractivity contribution in [1.82, 2.24) is 9.21 Å². The molecule has 8 heteroatoms. The molecular formula is C26H34N2O5S. The molecule has 2 atom stereocenters. The van der Waals surface area contributed by atoms with E-state index in [0.29, 0.717) is 31.8 Å². The van der Waals surface area contributed by atoms with Gasteiger partial charge in [0.15, 0.2) is 0 Å². The molecule has 2 saturated heterocycles. The van der Waals surface area contributed by atoms with Crippen LogP contribution in [0, 0.1) is 0 Å². The molecule has 1 amide bonds. The summed E-state index contributed by atoms with van der Waals surface area (Å²) in [6.45, 7) is 4.12. The molecule has 2 aliphatic rings. The summed E-state index contributed by atoms with van der Waals surface area (Å²) in [5.41, 5.74) is 1.43. The van der Waals surface area contributed by atoms with Gasteiger partial charge >= 0.3 is 0 Å². The van der Waals surface area contributed by atoms with Crippen LogP contribution in [0.2, 0.25) is 0 Å². The van der Waals surface area contributed by atoms with Crippen LogP contribution in [0.1, 0.15) is 54.9 Å². The number of sulfonamides is 1. The lowest BCUT2D eigenvalue weighted by atomic mass is 10.1. The molecule has 7 nitrogen and oxygen atoms in total.